The number of rotatable bonds is 8. The summed E-state index contributed by atoms with van der Waals surface area (Å²) >= 11 is 0. The molecule has 2 amide bonds. The van der Waals surface area contributed by atoms with E-state index in [1.807, 2.05) is 79.7 Å². The minimum Gasteiger partial charge on any atom is -0.444 e. The minimum absolute atomic E-state index is 0. The van der Waals surface area contributed by atoms with Crippen LogP contribution in [0, 0.1) is 5.92 Å². The number of hydrogen-bond donors (Lipinski definition) is 4. The summed E-state index contributed by atoms with van der Waals surface area (Å²) in [6.45, 7) is 16.7. The standard InChI is InChI=1S/C23H39N5O3.HI/c1-9-24-20(26-15-23(7,8)28-21(30)31-22(4,5)6)25-14-17-10-12-18(13-11-17)27-19(29)16(2)3;/h10-13,16H,9,14-15H2,1-8H3,(H,27,29)(H,28,30)(H2,24,25,26);1H. The predicted octanol–water partition coefficient (Wildman–Crippen LogP) is 4.26. The zero-order chi connectivity index (χ0) is 23.7. The Bertz CT molecular complexity index is 756. The average Bonchev–Trinajstić information content (AvgIpc) is 2.63. The summed E-state index contributed by atoms with van der Waals surface area (Å²) in [4.78, 5) is 28.4. The molecule has 0 radical (unpaired) electrons. The Hall–Kier alpha value is -2.04. The quantitative estimate of drug-likeness (QED) is 0.216. The van der Waals surface area contributed by atoms with E-state index in [9.17, 15) is 9.59 Å². The van der Waals surface area contributed by atoms with Gasteiger partial charge in [-0.15, -0.1) is 24.0 Å². The van der Waals surface area contributed by atoms with E-state index in [0.717, 1.165) is 11.3 Å². The molecule has 1 aromatic rings. The second-order valence-electron chi connectivity index (χ2n) is 9.40. The van der Waals surface area contributed by atoms with Gasteiger partial charge in [-0.2, -0.15) is 0 Å². The lowest BCUT2D eigenvalue weighted by molar-refractivity contribution is -0.118. The van der Waals surface area contributed by atoms with E-state index in [-0.39, 0.29) is 35.8 Å². The van der Waals surface area contributed by atoms with Crippen molar-refractivity contribution in [2.45, 2.75) is 73.1 Å². The lowest BCUT2D eigenvalue weighted by Gasteiger charge is -2.29. The second-order valence-corrected chi connectivity index (χ2v) is 9.40. The summed E-state index contributed by atoms with van der Waals surface area (Å²) in [6, 6.07) is 7.63. The van der Waals surface area contributed by atoms with Crippen LogP contribution in [0.25, 0.3) is 0 Å². The van der Waals surface area contributed by atoms with Gasteiger partial charge in [-0.05, 0) is 59.2 Å². The molecular formula is C23H40IN5O3. The largest absolute Gasteiger partial charge is 0.444 e. The maximum atomic E-state index is 12.1. The molecule has 4 N–H and O–H groups in total. The van der Waals surface area contributed by atoms with Gasteiger partial charge in [-0.3, -0.25) is 4.79 Å². The molecule has 0 unspecified atom stereocenters. The molecule has 0 atom stereocenters. The number of guanidine groups is 1. The van der Waals surface area contributed by atoms with Gasteiger partial charge in [0.15, 0.2) is 5.96 Å². The number of benzene rings is 1. The van der Waals surface area contributed by atoms with Gasteiger partial charge in [0.1, 0.15) is 5.60 Å². The van der Waals surface area contributed by atoms with Gasteiger partial charge in [0.25, 0.3) is 0 Å². The van der Waals surface area contributed by atoms with Crippen molar-refractivity contribution in [3.05, 3.63) is 29.8 Å². The number of aliphatic imine (C=N–C) groups is 1. The molecule has 0 aliphatic heterocycles. The zero-order valence-corrected chi connectivity index (χ0v) is 22.9. The summed E-state index contributed by atoms with van der Waals surface area (Å²) in [7, 11) is 0. The smallest absolute Gasteiger partial charge is 0.408 e. The molecule has 1 aromatic carbocycles. The van der Waals surface area contributed by atoms with Gasteiger partial charge in [0.2, 0.25) is 5.91 Å². The molecular weight excluding hydrogens is 521 g/mol. The van der Waals surface area contributed by atoms with Crippen LogP contribution in [-0.2, 0) is 16.1 Å². The Morgan fingerprint density at radius 1 is 1.03 bits per heavy atom. The first-order valence-electron chi connectivity index (χ1n) is 10.7. The number of halogens is 1. The normalized spacial score (nSPS) is 12.0. The molecule has 0 bridgehead atoms. The van der Waals surface area contributed by atoms with Crippen molar-refractivity contribution in [3.8, 4) is 0 Å². The maximum Gasteiger partial charge on any atom is 0.408 e. The molecule has 0 aliphatic carbocycles. The van der Waals surface area contributed by atoms with Crippen molar-refractivity contribution in [2.24, 2.45) is 10.9 Å². The number of nitrogens with zero attached hydrogens (tertiary/aromatic N) is 1. The molecule has 0 fully saturated rings. The fraction of sp³-hybridized carbons (Fsp3) is 0.609. The SMILES string of the molecule is CCNC(=NCc1ccc(NC(=O)C(C)C)cc1)NCC(C)(C)NC(=O)OC(C)(C)C.I. The average molecular weight is 562 g/mol. The Balaban J connectivity index is 0.00000961. The number of carbonyl (C=O) groups excluding carboxylic acids is 2. The van der Waals surface area contributed by atoms with Gasteiger partial charge < -0.3 is 26.0 Å². The van der Waals surface area contributed by atoms with Gasteiger partial charge in [0.05, 0.1) is 12.1 Å². The highest BCUT2D eigenvalue weighted by Gasteiger charge is 2.24. The predicted molar refractivity (Wildman–Crippen MR) is 142 cm³/mol. The van der Waals surface area contributed by atoms with Crippen molar-refractivity contribution >= 4 is 47.6 Å². The van der Waals surface area contributed by atoms with Gasteiger partial charge in [-0.25, -0.2) is 9.79 Å². The summed E-state index contributed by atoms with van der Waals surface area (Å²) in [6.07, 6.45) is -0.453. The third-order valence-electron chi connectivity index (χ3n) is 4.05. The van der Waals surface area contributed by atoms with E-state index in [1.165, 1.54) is 0 Å². The first-order valence-corrected chi connectivity index (χ1v) is 10.7. The third kappa shape index (κ3) is 12.7. The highest BCUT2D eigenvalue weighted by atomic mass is 127. The topological polar surface area (TPSA) is 104 Å². The molecule has 0 aliphatic rings. The van der Waals surface area contributed by atoms with Crippen LogP contribution in [0.2, 0.25) is 0 Å². The van der Waals surface area contributed by atoms with Crippen molar-refractivity contribution in [3.63, 3.8) is 0 Å². The second kappa shape index (κ2) is 13.5. The molecule has 0 aromatic heterocycles. The van der Waals surface area contributed by atoms with E-state index in [0.29, 0.717) is 25.6 Å². The van der Waals surface area contributed by atoms with E-state index < -0.39 is 17.2 Å². The Morgan fingerprint density at radius 3 is 2.12 bits per heavy atom. The molecule has 8 nitrogen and oxygen atoms in total. The van der Waals surface area contributed by atoms with Crippen LogP contribution < -0.4 is 21.3 Å². The van der Waals surface area contributed by atoms with Gasteiger partial charge in [0, 0.05) is 24.7 Å². The maximum absolute atomic E-state index is 12.1. The molecule has 32 heavy (non-hydrogen) atoms. The molecule has 0 heterocycles. The van der Waals surface area contributed by atoms with Crippen LogP contribution in [0.3, 0.4) is 0 Å². The number of ether oxygens (including phenoxy) is 1. The van der Waals surface area contributed by atoms with E-state index in [1.54, 1.807) is 0 Å². The number of amides is 2. The van der Waals surface area contributed by atoms with Crippen molar-refractivity contribution in [1.82, 2.24) is 16.0 Å². The van der Waals surface area contributed by atoms with E-state index >= 15 is 0 Å². The van der Waals surface area contributed by atoms with Crippen LogP contribution in [0.5, 0.6) is 0 Å². The zero-order valence-electron chi connectivity index (χ0n) is 20.6. The minimum atomic E-state index is -0.545. The van der Waals surface area contributed by atoms with E-state index in [4.69, 9.17) is 4.74 Å². The monoisotopic (exact) mass is 561 g/mol. The van der Waals surface area contributed by atoms with Crippen LogP contribution in [-0.4, -0.2) is 42.2 Å². The van der Waals surface area contributed by atoms with Crippen LogP contribution in [0.4, 0.5) is 10.5 Å². The van der Waals surface area contributed by atoms with Crippen LogP contribution >= 0.6 is 24.0 Å². The lowest BCUT2D eigenvalue weighted by Crippen LogP contribution is -2.54. The highest BCUT2D eigenvalue weighted by Crippen LogP contribution is 2.12. The molecule has 0 saturated carbocycles. The summed E-state index contributed by atoms with van der Waals surface area (Å²) in [5, 5.41) is 12.2. The first-order chi connectivity index (χ1) is 14.3. The lowest BCUT2D eigenvalue weighted by atomic mass is 10.1. The molecule has 1 rings (SSSR count). The van der Waals surface area contributed by atoms with Crippen LogP contribution in [0.15, 0.2) is 29.3 Å². The van der Waals surface area contributed by atoms with Crippen molar-refractivity contribution in [1.29, 1.82) is 0 Å². The number of carbonyl (C=O) groups is 2. The van der Waals surface area contributed by atoms with Crippen molar-refractivity contribution in [2.75, 3.05) is 18.4 Å². The fourth-order valence-electron chi connectivity index (χ4n) is 2.42. The van der Waals surface area contributed by atoms with Crippen LogP contribution in [0.1, 0.15) is 61.0 Å². The Morgan fingerprint density at radius 2 is 1.62 bits per heavy atom. The third-order valence-corrected chi connectivity index (χ3v) is 4.05. The van der Waals surface area contributed by atoms with Gasteiger partial charge >= 0.3 is 6.09 Å². The molecule has 0 spiro atoms. The van der Waals surface area contributed by atoms with E-state index in [2.05, 4.69) is 26.3 Å². The Kier molecular flexibility index (Phi) is 12.6. The number of alkyl carbamates (subject to hydrolysis) is 1. The number of anilines is 1. The van der Waals surface area contributed by atoms with Gasteiger partial charge in [-0.1, -0.05) is 26.0 Å². The number of hydrogen-bond acceptors (Lipinski definition) is 4. The summed E-state index contributed by atoms with van der Waals surface area (Å²) in [5.74, 6) is 0.581. The molecule has 182 valence electrons. The fourth-order valence-corrected chi connectivity index (χ4v) is 2.42. The Labute approximate surface area is 209 Å². The highest BCUT2D eigenvalue weighted by molar-refractivity contribution is 14.0. The summed E-state index contributed by atoms with van der Waals surface area (Å²) in [5.41, 5.74) is 0.712. The molecule has 9 heteroatoms. The van der Waals surface area contributed by atoms with Crippen molar-refractivity contribution < 1.29 is 14.3 Å². The molecule has 0 saturated heterocycles. The summed E-state index contributed by atoms with van der Waals surface area (Å²) < 4.78 is 5.33. The number of nitrogens with one attached hydrogen (secondary N) is 4. The first kappa shape index (κ1) is 30.0.